The summed E-state index contributed by atoms with van der Waals surface area (Å²) >= 11 is 0. The maximum absolute atomic E-state index is 12.0. The molecule has 2 aliphatic heterocycles. The van der Waals surface area contributed by atoms with Gasteiger partial charge in [0.25, 0.3) is 0 Å². The number of ether oxygens (including phenoxy) is 1. The third kappa shape index (κ3) is 6.19. The summed E-state index contributed by atoms with van der Waals surface area (Å²) in [6, 6.07) is 0. The number of anilines is 4. The highest BCUT2D eigenvalue weighted by Gasteiger charge is 2.30. The number of morpholine rings is 1. The topological polar surface area (TPSA) is 160 Å². The fourth-order valence-electron chi connectivity index (χ4n) is 4.38. The molecule has 13 nitrogen and oxygen atoms in total. The van der Waals surface area contributed by atoms with Gasteiger partial charge in [0.15, 0.2) is 17.5 Å². The molecule has 0 bridgehead atoms. The van der Waals surface area contributed by atoms with Crippen molar-refractivity contribution >= 4 is 33.3 Å². The third-order valence-corrected chi connectivity index (χ3v) is 7.64. The van der Waals surface area contributed by atoms with Crippen molar-refractivity contribution in [1.82, 2.24) is 29.1 Å². The first-order chi connectivity index (χ1) is 17.5. The lowest BCUT2D eigenvalue weighted by Crippen LogP contribution is -2.50. The van der Waals surface area contributed by atoms with E-state index in [2.05, 4.69) is 40.2 Å². The molecule has 2 aliphatic rings. The van der Waals surface area contributed by atoms with Crippen LogP contribution in [0.2, 0.25) is 0 Å². The van der Waals surface area contributed by atoms with E-state index in [9.17, 15) is 8.42 Å². The normalized spacial score (nSPS) is 17.3. The monoisotopic (exact) mass is 532 g/mol. The van der Waals surface area contributed by atoms with Gasteiger partial charge in [0.05, 0.1) is 25.0 Å². The molecule has 4 N–H and O–H groups in total. The van der Waals surface area contributed by atoms with Gasteiger partial charge in [0.1, 0.15) is 11.5 Å². The molecule has 4 heterocycles. The standard InChI is InChI=1S/C23H36N10O3S/c1-16(2)15-33(17(3)30-5-7-32(8-6-30)37(4,34)35)22-19(24)21(31-9-11-36-12-10-31)28-20(29-22)18-13-26-23(25)27-14-18/h13-14,16H,3,5-12,15,24H2,1-2,4H3,(H2,25,26,27). The molecule has 0 spiro atoms. The van der Waals surface area contributed by atoms with E-state index in [-0.39, 0.29) is 11.9 Å². The molecule has 0 aromatic carbocycles. The van der Waals surface area contributed by atoms with Gasteiger partial charge in [-0.25, -0.2) is 28.4 Å². The number of nitrogens with two attached hydrogens (primary N) is 2. The van der Waals surface area contributed by atoms with Gasteiger partial charge in [0, 0.05) is 58.2 Å². The van der Waals surface area contributed by atoms with Crippen LogP contribution in [0.15, 0.2) is 24.8 Å². The van der Waals surface area contributed by atoms with Crippen molar-refractivity contribution in [2.75, 3.05) is 86.5 Å². The van der Waals surface area contributed by atoms with E-state index in [1.807, 2.05) is 4.90 Å². The van der Waals surface area contributed by atoms with E-state index in [1.54, 1.807) is 12.4 Å². The van der Waals surface area contributed by atoms with Gasteiger partial charge in [-0.15, -0.1) is 0 Å². The van der Waals surface area contributed by atoms with Crippen LogP contribution in [0.5, 0.6) is 0 Å². The van der Waals surface area contributed by atoms with E-state index < -0.39 is 10.0 Å². The van der Waals surface area contributed by atoms with E-state index in [4.69, 9.17) is 26.2 Å². The molecule has 202 valence electrons. The van der Waals surface area contributed by atoms with Crippen molar-refractivity contribution in [1.29, 1.82) is 0 Å². The molecule has 37 heavy (non-hydrogen) atoms. The maximum Gasteiger partial charge on any atom is 0.219 e. The van der Waals surface area contributed by atoms with Crippen LogP contribution in [0.25, 0.3) is 11.4 Å². The fourth-order valence-corrected chi connectivity index (χ4v) is 5.21. The van der Waals surface area contributed by atoms with Gasteiger partial charge >= 0.3 is 0 Å². The first kappa shape index (κ1) is 26.8. The van der Waals surface area contributed by atoms with E-state index in [1.165, 1.54) is 10.6 Å². The lowest BCUT2D eigenvalue weighted by atomic mass is 10.2. The molecular formula is C23H36N10O3S. The summed E-state index contributed by atoms with van der Waals surface area (Å²) in [5.74, 6) is 2.71. The smallest absolute Gasteiger partial charge is 0.219 e. The Morgan fingerprint density at radius 3 is 2.27 bits per heavy atom. The summed E-state index contributed by atoms with van der Waals surface area (Å²) in [7, 11) is -3.24. The van der Waals surface area contributed by atoms with E-state index >= 15 is 0 Å². The number of hydrogen-bond acceptors (Lipinski definition) is 12. The molecule has 0 aliphatic carbocycles. The minimum absolute atomic E-state index is 0.163. The number of sulfonamides is 1. The summed E-state index contributed by atoms with van der Waals surface area (Å²) in [6.45, 7) is 13.5. The summed E-state index contributed by atoms with van der Waals surface area (Å²) in [5, 5.41) is 0. The van der Waals surface area contributed by atoms with Crippen molar-refractivity contribution in [3.8, 4) is 11.4 Å². The molecule has 14 heteroatoms. The van der Waals surface area contributed by atoms with Crippen LogP contribution >= 0.6 is 0 Å². The van der Waals surface area contributed by atoms with E-state index in [0.29, 0.717) is 93.6 Å². The first-order valence-corrected chi connectivity index (χ1v) is 14.1. The molecule has 2 saturated heterocycles. The molecule has 2 aromatic heterocycles. The zero-order chi connectivity index (χ0) is 26.7. The largest absolute Gasteiger partial charge is 0.393 e. The summed E-state index contributed by atoms with van der Waals surface area (Å²) < 4.78 is 31.0. The van der Waals surface area contributed by atoms with Crippen molar-refractivity contribution in [2.45, 2.75) is 13.8 Å². The second-order valence-electron chi connectivity index (χ2n) is 9.61. The first-order valence-electron chi connectivity index (χ1n) is 12.3. The highest BCUT2D eigenvalue weighted by molar-refractivity contribution is 7.88. The van der Waals surface area contributed by atoms with Crippen LogP contribution in [-0.2, 0) is 14.8 Å². The Hall–Kier alpha value is -3.23. The van der Waals surface area contributed by atoms with Crippen LogP contribution < -0.4 is 21.3 Å². The predicted molar refractivity (Wildman–Crippen MR) is 144 cm³/mol. The molecule has 4 rings (SSSR count). The molecule has 0 saturated carbocycles. The number of hydrogen-bond donors (Lipinski definition) is 2. The van der Waals surface area contributed by atoms with Crippen LogP contribution in [0.3, 0.4) is 0 Å². The van der Waals surface area contributed by atoms with Gasteiger partial charge in [-0.3, -0.25) is 0 Å². The van der Waals surface area contributed by atoms with Crippen molar-refractivity contribution in [3.05, 3.63) is 24.8 Å². The number of rotatable bonds is 8. The van der Waals surface area contributed by atoms with Gasteiger partial charge in [0.2, 0.25) is 16.0 Å². The molecule has 2 fully saturated rings. The lowest BCUT2D eigenvalue weighted by Gasteiger charge is -2.41. The third-order valence-electron chi connectivity index (χ3n) is 6.33. The minimum atomic E-state index is -3.24. The molecule has 2 aromatic rings. The van der Waals surface area contributed by atoms with Crippen molar-refractivity contribution < 1.29 is 13.2 Å². The quantitative estimate of drug-likeness (QED) is 0.484. The number of nitrogen functional groups attached to an aromatic ring is 2. The molecule has 0 amide bonds. The van der Waals surface area contributed by atoms with Crippen molar-refractivity contribution in [2.24, 2.45) is 5.92 Å². The Kier molecular flexibility index (Phi) is 7.99. The molecule has 0 unspecified atom stereocenters. The highest BCUT2D eigenvalue weighted by Crippen LogP contribution is 2.35. The van der Waals surface area contributed by atoms with E-state index in [0.717, 1.165) is 0 Å². The van der Waals surface area contributed by atoms with Crippen LogP contribution in [0.4, 0.5) is 23.3 Å². The molecule has 0 radical (unpaired) electrons. The SMILES string of the molecule is C=C(N1CCN(S(C)(=O)=O)CC1)N(CC(C)C)c1nc(-c2cnc(N)nc2)nc(N2CCOCC2)c1N. The summed E-state index contributed by atoms with van der Waals surface area (Å²) in [5.41, 5.74) is 13.5. The number of nitrogens with zero attached hydrogens (tertiary/aromatic N) is 8. The Bertz CT molecular complexity index is 1210. The summed E-state index contributed by atoms with van der Waals surface area (Å²) in [4.78, 5) is 24.0. The second kappa shape index (κ2) is 11.0. The van der Waals surface area contributed by atoms with Crippen LogP contribution in [0.1, 0.15) is 13.8 Å². The lowest BCUT2D eigenvalue weighted by molar-refractivity contribution is 0.122. The van der Waals surface area contributed by atoms with Crippen molar-refractivity contribution in [3.63, 3.8) is 0 Å². The minimum Gasteiger partial charge on any atom is -0.393 e. The average Bonchev–Trinajstić information content (AvgIpc) is 2.88. The number of aromatic nitrogens is 4. The van der Waals surface area contributed by atoms with Gasteiger partial charge in [-0.1, -0.05) is 20.4 Å². The van der Waals surface area contributed by atoms with Gasteiger partial charge in [-0.2, -0.15) is 4.31 Å². The second-order valence-corrected chi connectivity index (χ2v) is 11.6. The maximum atomic E-state index is 12.0. The Morgan fingerprint density at radius 1 is 1.08 bits per heavy atom. The fraction of sp³-hybridized carbons (Fsp3) is 0.565. The molecule has 0 atom stereocenters. The zero-order valence-electron chi connectivity index (χ0n) is 21.7. The Morgan fingerprint density at radius 2 is 1.70 bits per heavy atom. The average molecular weight is 533 g/mol. The zero-order valence-corrected chi connectivity index (χ0v) is 22.5. The Balaban J connectivity index is 1.74. The van der Waals surface area contributed by atoms with Gasteiger partial charge < -0.3 is 30.9 Å². The summed E-state index contributed by atoms with van der Waals surface area (Å²) in [6.07, 6.45) is 4.42. The van der Waals surface area contributed by atoms with Gasteiger partial charge in [-0.05, 0) is 5.92 Å². The predicted octanol–water partition coefficient (Wildman–Crippen LogP) is 0.445. The molecular weight excluding hydrogens is 496 g/mol. The highest BCUT2D eigenvalue weighted by atomic mass is 32.2. The van der Waals surface area contributed by atoms with Crippen LogP contribution in [-0.4, -0.2) is 103 Å². The van der Waals surface area contributed by atoms with Crippen LogP contribution in [0, 0.1) is 5.92 Å². The Labute approximate surface area is 218 Å². The number of piperazine rings is 1.